The van der Waals surface area contributed by atoms with E-state index in [1.165, 1.54) is 20.2 Å². The lowest BCUT2D eigenvalue weighted by Gasteiger charge is -2.14. The van der Waals surface area contributed by atoms with Gasteiger partial charge in [0.2, 0.25) is 5.95 Å². The van der Waals surface area contributed by atoms with Gasteiger partial charge in [-0.2, -0.15) is 0 Å². The molecule has 0 atom stereocenters. The molecular weight excluding hydrogens is 643 g/mol. The van der Waals surface area contributed by atoms with E-state index in [9.17, 15) is 0 Å². The van der Waals surface area contributed by atoms with Gasteiger partial charge in [0, 0.05) is 53.0 Å². The molecule has 4 aromatic heterocycles. The van der Waals surface area contributed by atoms with Crippen molar-refractivity contribution < 1.29 is 4.42 Å². The highest BCUT2D eigenvalue weighted by Crippen LogP contribution is 2.46. The molecule has 4 heterocycles. The molecule has 0 saturated carbocycles. The summed E-state index contributed by atoms with van der Waals surface area (Å²) in [6, 6.07) is 57.6. The van der Waals surface area contributed by atoms with Gasteiger partial charge in [-0.3, -0.25) is 4.57 Å². The number of fused-ring (bicyclic) bond motifs is 10. The van der Waals surface area contributed by atoms with Crippen molar-refractivity contribution in [2.75, 3.05) is 0 Å². The number of aromatic nitrogens is 3. The highest BCUT2D eigenvalue weighted by Gasteiger charge is 2.25. The van der Waals surface area contributed by atoms with Crippen molar-refractivity contribution in [3.05, 3.63) is 164 Å². The molecule has 0 spiro atoms. The molecule has 5 heteroatoms. The van der Waals surface area contributed by atoms with Gasteiger partial charge in [0.15, 0.2) is 0 Å². The first-order chi connectivity index (χ1) is 25.3. The molecule has 7 aromatic carbocycles. The molecule has 0 aliphatic heterocycles. The van der Waals surface area contributed by atoms with Crippen LogP contribution < -0.4 is 0 Å². The monoisotopic (exact) mass is 669 g/mol. The Morgan fingerprint density at radius 2 is 1.10 bits per heavy atom. The summed E-state index contributed by atoms with van der Waals surface area (Å²) in [5.41, 5.74) is 9.82. The van der Waals surface area contributed by atoms with E-state index >= 15 is 0 Å². The van der Waals surface area contributed by atoms with Gasteiger partial charge in [-0.05, 0) is 48.0 Å². The maximum absolute atomic E-state index is 6.76. The lowest BCUT2D eigenvalue weighted by molar-refractivity contribution is 0.673. The summed E-state index contributed by atoms with van der Waals surface area (Å²) >= 11 is 1.84. The zero-order valence-corrected chi connectivity index (χ0v) is 28.1. The first-order valence-corrected chi connectivity index (χ1v) is 17.9. The quantitative estimate of drug-likeness (QED) is 0.187. The van der Waals surface area contributed by atoms with Gasteiger partial charge >= 0.3 is 0 Å². The van der Waals surface area contributed by atoms with Crippen molar-refractivity contribution in [2.45, 2.75) is 0 Å². The number of nitrogens with zero attached hydrogens (tertiary/aromatic N) is 3. The van der Waals surface area contributed by atoms with Crippen LogP contribution in [0.4, 0.5) is 0 Å². The van der Waals surface area contributed by atoms with E-state index in [0.717, 1.165) is 77.4 Å². The van der Waals surface area contributed by atoms with Crippen molar-refractivity contribution in [3.8, 4) is 39.6 Å². The van der Waals surface area contributed by atoms with Gasteiger partial charge in [0.1, 0.15) is 11.2 Å². The van der Waals surface area contributed by atoms with Crippen LogP contribution in [-0.4, -0.2) is 14.5 Å². The van der Waals surface area contributed by atoms with E-state index in [1.807, 2.05) is 29.5 Å². The number of hydrogen-bond acceptors (Lipinski definition) is 4. The standard InChI is InChI=1S/C46H27N3OS/c1-3-13-28(14-4-1)37-27-38(29-15-5-2-6-16-29)48-46(47-37)49-39-20-10-7-19-33(39)43-44(49)34(26-36-31-17-8-11-21-40(31)50-45(36)43)30-23-24-42-35(25-30)32-18-9-12-22-41(32)51-42/h1-27H. The largest absolute Gasteiger partial charge is 0.455 e. The van der Waals surface area contributed by atoms with Crippen LogP contribution >= 0.6 is 11.3 Å². The second-order valence-electron chi connectivity index (χ2n) is 13.0. The summed E-state index contributed by atoms with van der Waals surface area (Å²) in [5.74, 6) is 0.611. The van der Waals surface area contributed by atoms with Crippen LogP contribution in [0.25, 0.3) is 104 Å². The van der Waals surface area contributed by atoms with E-state index in [4.69, 9.17) is 14.4 Å². The Morgan fingerprint density at radius 1 is 0.471 bits per heavy atom. The predicted octanol–water partition coefficient (Wildman–Crippen LogP) is 12.8. The Labute approximate surface area is 296 Å². The van der Waals surface area contributed by atoms with Crippen LogP contribution in [0.3, 0.4) is 0 Å². The first kappa shape index (κ1) is 28.3. The summed E-state index contributed by atoms with van der Waals surface area (Å²) < 4.78 is 11.6. The molecule has 0 bridgehead atoms. The van der Waals surface area contributed by atoms with Crippen LogP contribution in [0.1, 0.15) is 0 Å². The zero-order valence-electron chi connectivity index (χ0n) is 27.2. The maximum Gasteiger partial charge on any atom is 0.235 e. The Bertz CT molecular complexity index is 3080. The number of rotatable bonds is 4. The fourth-order valence-corrected chi connectivity index (χ4v) is 8.79. The Balaban J connectivity index is 1.31. The van der Waals surface area contributed by atoms with Crippen LogP contribution in [0.5, 0.6) is 0 Å². The average molecular weight is 670 g/mol. The van der Waals surface area contributed by atoms with Gasteiger partial charge in [0.05, 0.1) is 27.8 Å². The van der Waals surface area contributed by atoms with Crippen molar-refractivity contribution in [1.82, 2.24) is 14.5 Å². The van der Waals surface area contributed by atoms with Gasteiger partial charge in [-0.1, -0.05) is 121 Å². The van der Waals surface area contributed by atoms with E-state index in [1.54, 1.807) is 0 Å². The molecule has 0 fully saturated rings. The maximum atomic E-state index is 6.76. The number of thiophene rings is 1. The molecular formula is C46H27N3OS. The Kier molecular flexibility index (Phi) is 6.09. The van der Waals surface area contributed by atoms with Crippen molar-refractivity contribution in [3.63, 3.8) is 0 Å². The summed E-state index contributed by atoms with van der Waals surface area (Å²) in [7, 11) is 0. The molecule has 11 rings (SSSR count). The lowest BCUT2D eigenvalue weighted by atomic mass is 9.97. The minimum atomic E-state index is 0.611. The van der Waals surface area contributed by atoms with Gasteiger partial charge < -0.3 is 4.42 Å². The number of benzene rings is 7. The Hall–Kier alpha value is -6.56. The molecule has 4 nitrogen and oxygen atoms in total. The fraction of sp³-hybridized carbons (Fsp3) is 0. The summed E-state index contributed by atoms with van der Waals surface area (Å²) in [4.78, 5) is 10.7. The highest BCUT2D eigenvalue weighted by molar-refractivity contribution is 7.25. The van der Waals surface area contributed by atoms with E-state index in [0.29, 0.717) is 5.95 Å². The van der Waals surface area contributed by atoms with Crippen molar-refractivity contribution >= 4 is 75.3 Å². The molecule has 0 amide bonds. The van der Waals surface area contributed by atoms with E-state index in [-0.39, 0.29) is 0 Å². The minimum Gasteiger partial charge on any atom is -0.455 e. The normalized spacial score (nSPS) is 11.9. The summed E-state index contributed by atoms with van der Waals surface area (Å²) in [6.07, 6.45) is 0. The Morgan fingerprint density at radius 3 is 1.86 bits per heavy atom. The van der Waals surface area contributed by atoms with Crippen molar-refractivity contribution in [1.29, 1.82) is 0 Å². The molecule has 0 radical (unpaired) electrons. The molecule has 0 saturated heterocycles. The fourth-order valence-electron chi connectivity index (χ4n) is 7.70. The third-order valence-corrected chi connectivity index (χ3v) is 11.2. The van der Waals surface area contributed by atoms with Crippen LogP contribution in [0.2, 0.25) is 0 Å². The highest BCUT2D eigenvalue weighted by atomic mass is 32.1. The SMILES string of the molecule is c1ccc(-c2cc(-c3ccccc3)nc(-n3c4ccccc4c4c5oc6ccccc6c5cc(-c5ccc6sc7ccccc7c6c5)c43)n2)cc1. The molecule has 238 valence electrons. The van der Waals surface area contributed by atoms with Crippen LogP contribution in [-0.2, 0) is 0 Å². The molecule has 51 heavy (non-hydrogen) atoms. The predicted molar refractivity (Wildman–Crippen MR) is 213 cm³/mol. The van der Waals surface area contributed by atoms with Crippen LogP contribution in [0, 0.1) is 0 Å². The number of furan rings is 1. The zero-order chi connectivity index (χ0) is 33.5. The first-order valence-electron chi connectivity index (χ1n) is 17.1. The van der Waals surface area contributed by atoms with E-state index < -0.39 is 0 Å². The smallest absolute Gasteiger partial charge is 0.235 e. The van der Waals surface area contributed by atoms with Gasteiger partial charge in [0.25, 0.3) is 0 Å². The minimum absolute atomic E-state index is 0.611. The molecule has 0 aliphatic rings. The third kappa shape index (κ3) is 4.32. The second-order valence-corrected chi connectivity index (χ2v) is 14.0. The van der Waals surface area contributed by atoms with Crippen LogP contribution in [0.15, 0.2) is 168 Å². The second kappa shape index (κ2) is 11.0. The van der Waals surface area contributed by atoms with Crippen molar-refractivity contribution in [2.24, 2.45) is 0 Å². The third-order valence-electron chi connectivity index (χ3n) is 10.0. The van der Waals surface area contributed by atoms with E-state index in [2.05, 4.69) is 150 Å². The molecule has 11 aromatic rings. The summed E-state index contributed by atoms with van der Waals surface area (Å²) in [5, 5.41) is 6.88. The topological polar surface area (TPSA) is 43.9 Å². The number of para-hydroxylation sites is 2. The summed E-state index contributed by atoms with van der Waals surface area (Å²) in [6.45, 7) is 0. The molecule has 0 aliphatic carbocycles. The average Bonchev–Trinajstić information content (AvgIpc) is 3.87. The molecule has 0 unspecified atom stereocenters. The lowest BCUT2D eigenvalue weighted by Crippen LogP contribution is -2.04. The van der Waals surface area contributed by atoms with Gasteiger partial charge in [-0.25, -0.2) is 9.97 Å². The number of hydrogen-bond donors (Lipinski definition) is 0. The van der Waals surface area contributed by atoms with Gasteiger partial charge in [-0.15, -0.1) is 11.3 Å². The molecule has 0 N–H and O–H groups in total.